The Labute approximate surface area is 271 Å². The lowest BCUT2D eigenvalue weighted by atomic mass is 10.1. The number of rotatable bonds is 38. The molecule has 268 valence electrons. The number of carbonyl (C=O) groups is 2. The maximum absolute atomic E-state index is 11.6. The fourth-order valence-electron chi connectivity index (χ4n) is 3.51. The van der Waals surface area contributed by atoms with Crippen molar-refractivity contribution >= 4 is 11.9 Å². The summed E-state index contributed by atoms with van der Waals surface area (Å²) in [6, 6.07) is 0. The molecule has 0 spiro atoms. The van der Waals surface area contributed by atoms with E-state index < -0.39 is 0 Å². The second kappa shape index (κ2) is 38.8. The number of esters is 2. The fraction of sp³-hybridized carbons (Fsp3) is 0.938. The molecule has 0 aromatic carbocycles. The molecular formula is C32H62O13. The molecule has 0 aromatic rings. The molecule has 13 heteroatoms. The fourth-order valence-corrected chi connectivity index (χ4v) is 3.51. The standard InChI is InChI=1S/C32H62O13/c1-3-5-6-7-8-10-32(34)45-30-28-43-26-24-41-22-20-39-18-16-37-14-12-35-11-13-36-15-17-38-19-21-40-23-25-42-27-29-44-31(33)9-4-2/h3-30H2,1-2H3. The van der Waals surface area contributed by atoms with Gasteiger partial charge in [-0.2, -0.15) is 0 Å². The van der Waals surface area contributed by atoms with E-state index in [2.05, 4.69) is 6.92 Å². The molecule has 0 aliphatic heterocycles. The van der Waals surface area contributed by atoms with Gasteiger partial charge in [0.25, 0.3) is 0 Å². The third-order valence-electron chi connectivity index (χ3n) is 5.90. The van der Waals surface area contributed by atoms with E-state index in [-0.39, 0.29) is 25.2 Å². The van der Waals surface area contributed by atoms with Crippen molar-refractivity contribution in [2.75, 3.05) is 132 Å². The molecule has 0 N–H and O–H groups in total. The number of unbranched alkanes of at least 4 members (excludes halogenated alkanes) is 4. The van der Waals surface area contributed by atoms with Crippen molar-refractivity contribution in [2.24, 2.45) is 0 Å². The van der Waals surface area contributed by atoms with Crippen LogP contribution in [0.5, 0.6) is 0 Å². The summed E-state index contributed by atoms with van der Waals surface area (Å²) in [6.07, 6.45) is 7.29. The summed E-state index contributed by atoms with van der Waals surface area (Å²) in [4.78, 5) is 22.8. The van der Waals surface area contributed by atoms with E-state index in [9.17, 15) is 9.59 Å². The predicted molar refractivity (Wildman–Crippen MR) is 168 cm³/mol. The van der Waals surface area contributed by atoms with Gasteiger partial charge in [0.1, 0.15) is 13.2 Å². The summed E-state index contributed by atoms with van der Waals surface area (Å²) in [5, 5.41) is 0. The van der Waals surface area contributed by atoms with Gasteiger partial charge < -0.3 is 52.1 Å². The van der Waals surface area contributed by atoms with Gasteiger partial charge in [0.2, 0.25) is 0 Å². The van der Waals surface area contributed by atoms with E-state index in [1.807, 2.05) is 6.92 Å². The minimum Gasteiger partial charge on any atom is -0.463 e. The smallest absolute Gasteiger partial charge is 0.305 e. The van der Waals surface area contributed by atoms with E-state index in [1.54, 1.807) is 0 Å². The van der Waals surface area contributed by atoms with Crippen molar-refractivity contribution in [2.45, 2.75) is 65.2 Å². The van der Waals surface area contributed by atoms with Crippen LogP contribution in [-0.4, -0.2) is 144 Å². The molecule has 0 saturated carbocycles. The minimum atomic E-state index is -0.190. The van der Waals surface area contributed by atoms with E-state index in [0.29, 0.717) is 132 Å². The van der Waals surface area contributed by atoms with Crippen LogP contribution in [0.4, 0.5) is 0 Å². The zero-order valence-electron chi connectivity index (χ0n) is 28.1. The van der Waals surface area contributed by atoms with Gasteiger partial charge in [0.05, 0.1) is 119 Å². The lowest BCUT2D eigenvalue weighted by Crippen LogP contribution is -2.15. The summed E-state index contributed by atoms with van der Waals surface area (Å²) in [7, 11) is 0. The van der Waals surface area contributed by atoms with Gasteiger partial charge in [-0.25, -0.2) is 0 Å². The van der Waals surface area contributed by atoms with Crippen LogP contribution < -0.4 is 0 Å². The van der Waals surface area contributed by atoms with E-state index >= 15 is 0 Å². The molecule has 13 nitrogen and oxygen atoms in total. The van der Waals surface area contributed by atoms with Crippen LogP contribution in [0.15, 0.2) is 0 Å². The van der Waals surface area contributed by atoms with Crippen molar-refractivity contribution in [3.05, 3.63) is 0 Å². The topological polar surface area (TPSA) is 136 Å². The lowest BCUT2D eigenvalue weighted by molar-refractivity contribution is -0.146. The number of hydrogen-bond donors (Lipinski definition) is 0. The molecule has 0 saturated heterocycles. The average molecular weight is 655 g/mol. The van der Waals surface area contributed by atoms with Crippen molar-refractivity contribution in [3.63, 3.8) is 0 Å². The first kappa shape index (κ1) is 43.6. The van der Waals surface area contributed by atoms with Crippen LogP contribution in [-0.2, 0) is 61.7 Å². The number of hydrogen-bond acceptors (Lipinski definition) is 13. The van der Waals surface area contributed by atoms with Crippen molar-refractivity contribution in [3.8, 4) is 0 Å². The van der Waals surface area contributed by atoms with Gasteiger partial charge in [-0.1, -0.05) is 39.5 Å². The van der Waals surface area contributed by atoms with E-state index in [0.717, 1.165) is 19.3 Å². The Morgan fingerprint density at radius 1 is 0.311 bits per heavy atom. The summed E-state index contributed by atoms with van der Waals surface area (Å²) in [5.41, 5.74) is 0. The molecule has 0 aliphatic rings. The Kier molecular flexibility index (Phi) is 37.5. The van der Waals surface area contributed by atoms with E-state index in [1.165, 1.54) is 19.3 Å². The second-order valence-corrected chi connectivity index (χ2v) is 9.87. The molecule has 0 radical (unpaired) electrons. The monoisotopic (exact) mass is 654 g/mol. The molecule has 0 rings (SSSR count). The summed E-state index contributed by atoms with van der Waals surface area (Å²) < 4.78 is 59.0. The van der Waals surface area contributed by atoms with Crippen LogP contribution in [0, 0.1) is 0 Å². The van der Waals surface area contributed by atoms with Gasteiger partial charge in [0, 0.05) is 12.8 Å². The zero-order valence-corrected chi connectivity index (χ0v) is 28.1. The summed E-state index contributed by atoms with van der Waals surface area (Å²) in [6.45, 7) is 13.1. The highest BCUT2D eigenvalue weighted by molar-refractivity contribution is 5.69. The zero-order chi connectivity index (χ0) is 32.7. The second-order valence-electron chi connectivity index (χ2n) is 9.87. The maximum atomic E-state index is 11.6. The highest BCUT2D eigenvalue weighted by Crippen LogP contribution is 2.05. The number of ether oxygens (including phenoxy) is 11. The highest BCUT2D eigenvalue weighted by atomic mass is 16.6. The summed E-state index contributed by atoms with van der Waals surface area (Å²) >= 11 is 0. The Morgan fingerprint density at radius 3 is 0.867 bits per heavy atom. The molecule has 0 unspecified atom stereocenters. The SMILES string of the molecule is CCCCCCCC(=O)OCCOCCOCCOCCOCCOCCOCCOCCOCCOCCOC(=O)CCC. The van der Waals surface area contributed by atoms with Gasteiger partial charge in [0.15, 0.2) is 0 Å². The first-order chi connectivity index (χ1) is 22.2. The van der Waals surface area contributed by atoms with Crippen LogP contribution in [0.1, 0.15) is 65.2 Å². The normalized spacial score (nSPS) is 11.2. The Morgan fingerprint density at radius 2 is 0.578 bits per heavy atom. The lowest BCUT2D eigenvalue weighted by Gasteiger charge is -2.09. The Bertz CT molecular complexity index is 610. The largest absolute Gasteiger partial charge is 0.463 e. The van der Waals surface area contributed by atoms with Crippen molar-refractivity contribution in [1.82, 2.24) is 0 Å². The molecule has 45 heavy (non-hydrogen) atoms. The molecule has 0 atom stereocenters. The quantitative estimate of drug-likeness (QED) is 0.0712. The van der Waals surface area contributed by atoms with Crippen LogP contribution in [0.3, 0.4) is 0 Å². The minimum absolute atomic E-state index is 0.150. The molecular weight excluding hydrogens is 592 g/mol. The molecule has 0 aromatic heterocycles. The number of carbonyl (C=O) groups excluding carboxylic acids is 2. The predicted octanol–water partition coefficient (Wildman–Crippen LogP) is 3.38. The van der Waals surface area contributed by atoms with E-state index in [4.69, 9.17) is 52.1 Å². The van der Waals surface area contributed by atoms with Gasteiger partial charge in [-0.15, -0.1) is 0 Å². The van der Waals surface area contributed by atoms with Crippen molar-refractivity contribution in [1.29, 1.82) is 0 Å². The highest BCUT2D eigenvalue weighted by Gasteiger charge is 2.03. The Hall–Kier alpha value is -1.42. The van der Waals surface area contributed by atoms with Crippen molar-refractivity contribution < 1.29 is 61.7 Å². The third kappa shape index (κ3) is 38.7. The van der Waals surface area contributed by atoms with Crippen LogP contribution >= 0.6 is 0 Å². The van der Waals surface area contributed by atoms with Gasteiger partial charge >= 0.3 is 11.9 Å². The molecule has 0 fully saturated rings. The molecule has 0 bridgehead atoms. The third-order valence-corrected chi connectivity index (χ3v) is 5.90. The summed E-state index contributed by atoms with van der Waals surface area (Å²) in [5.74, 6) is -0.340. The molecule has 0 heterocycles. The first-order valence-electron chi connectivity index (χ1n) is 16.7. The van der Waals surface area contributed by atoms with Crippen LogP contribution in [0.2, 0.25) is 0 Å². The van der Waals surface area contributed by atoms with Gasteiger partial charge in [-0.05, 0) is 12.8 Å². The average Bonchev–Trinajstić information content (AvgIpc) is 3.03. The maximum Gasteiger partial charge on any atom is 0.305 e. The van der Waals surface area contributed by atoms with Crippen LogP contribution in [0.25, 0.3) is 0 Å². The first-order valence-corrected chi connectivity index (χ1v) is 16.7. The van der Waals surface area contributed by atoms with Gasteiger partial charge in [-0.3, -0.25) is 9.59 Å². The Balaban J connectivity index is 3.10. The molecule has 0 amide bonds. The molecule has 0 aliphatic carbocycles.